The molecule has 0 bridgehead atoms. The molecule has 124 valence electrons. The van der Waals surface area contributed by atoms with Crippen LogP contribution in [0.1, 0.15) is 19.4 Å². The van der Waals surface area contributed by atoms with Crippen molar-refractivity contribution in [2.24, 2.45) is 5.92 Å². The molecular weight excluding hydrogens is 305 g/mol. The highest BCUT2D eigenvalue weighted by Crippen LogP contribution is 2.50. The van der Waals surface area contributed by atoms with Crippen LogP contribution in [0, 0.1) is 5.92 Å². The lowest BCUT2D eigenvalue weighted by Gasteiger charge is -2.24. The first-order valence-electron chi connectivity index (χ1n) is 7.08. The molecule has 0 spiro atoms. The van der Waals surface area contributed by atoms with E-state index in [4.69, 9.17) is 13.8 Å². The largest absolute Gasteiger partial charge is 0.459 e. The molecule has 22 heavy (non-hydrogen) atoms. The Morgan fingerprint density at radius 2 is 1.77 bits per heavy atom. The van der Waals surface area contributed by atoms with Crippen molar-refractivity contribution in [2.75, 3.05) is 20.8 Å². The van der Waals surface area contributed by atoms with Crippen molar-refractivity contribution >= 4 is 13.6 Å². The highest BCUT2D eigenvalue weighted by molar-refractivity contribution is 7.55. The molecule has 1 N–H and O–H groups in total. The van der Waals surface area contributed by atoms with E-state index in [-0.39, 0.29) is 12.5 Å². The molecule has 0 amide bonds. The Morgan fingerprint density at radius 3 is 2.27 bits per heavy atom. The first-order valence-corrected chi connectivity index (χ1v) is 8.69. The molecule has 0 saturated carbocycles. The van der Waals surface area contributed by atoms with Crippen LogP contribution in [0.3, 0.4) is 0 Å². The van der Waals surface area contributed by atoms with E-state index in [0.717, 1.165) is 5.56 Å². The first-order chi connectivity index (χ1) is 10.4. The fourth-order valence-electron chi connectivity index (χ4n) is 1.76. The van der Waals surface area contributed by atoms with Crippen molar-refractivity contribution < 1.29 is 23.1 Å². The van der Waals surface area contributed by atoms with Crippen LogP contribution in [0.5, 0.6) is 0 Å². The Balaban J connectivity index is 2.76. The van der Waals surface area contributed by atoms with Gasteiger partial charge < -0.3 is 13.8 Å². The molecule has 0 heterocycles. The van der Waals surface area contributed by atoms with Crippen LogP contribution >= 0.6 is 7.60 Å². The maximum absolute atomic E-state index is 12.5. The number of nitrogens with one attached hydrogen (secondary N) is 1. The molecule has 1 aromatic rings. The molecule has 0 fully saturated rings. The molecule has 0 aliphatic heterocycles. The summed E-state index contributed by atoms with van der Waals surface area (Å²) in [5, 5.41) is 2.91. The smallest absolute Gasteiger partial charge is 0.358 e. The molecule has 7 heteroatoms. The molecule has 0 radical (unpaired) electrons. The van der Waals surface area contributed by atoms with Gasteiger partial charge in [-0.05, 0) is 18.0 Å². The number of carbonyl (C=O) groups excluding carboxylic acids is 1. The Kier molecular flexibility index (Phi) is 7.76. The SMILES string of the molecule is COP(=O)(OC)C(NCC(C)C)C(=O)OCc1ccccc1. The minimum Gasteiger partial charge on any atom is -0.459 e. The summed E-state index contributed by atoms with van der Waals surface area (Å²) < 4.78 is 27.6. The molecule has 0 saturated heterocycles. The molecule has 1 atom stereocenters. The number of hydrogen-bond donors (Lipinski definition) is 1. The summed E-state index contributed by atoms with van der Waals surface area (Å²) in [6, 6.07) is 9.27. The number of hydrogen-bond acceptors (Lipinski definition) is 6. The molecule has 0 aliphatic carbocycles. The minimum absolute atomic E-state index is 0.104. The average Bonchev–Trinajstić information content (AvgIpc) is 2.53. The van der Waals surface area contributed by atoms with Crippen LogP contribution < -0.4 is 5.32 Å². The Morgan fingerprint density at radius 1 is 1.18 bits per heavy atom. The van der Waals surface area contributed by atoms with Gasteiger partial charge in [-0.3, -0.25) is 9.88 Å². The van der Waals surface area contributed by atoms with E-state index >= 15 is 0 Å². The molecule has 1 rings (SSSR count). The maximum Gasteiger partial charge on any atom is 0.358 e. The van der Waals surface area contributed by atoms with Crippen LogP contribution in [0.2, 0.25) is 0 Å². The number of ether oxygens (including phenoxy) is 1. The number of esters is 1. The Labute approximate surface area is 131 Å². The second-order valence-corrected chi connectivity index (χ2v) is 7.53. The van der Waals surface area contributed by atoms with Gasteiger partial charge in [-0.25, -0.2) is 4.79 Å². The number of benzene rings is 1. The van der Waals surface area contributed by atoms with E-state index in [1.165, 1.54) is 14.2 Å². The summed E-state index contributed by atoms with van der Waals surface area (Å²) in [5.41, 5.74) is 0.850. The minimum atomic E-state index is -3.61. The van der Waals surface area contributed by atoms with Gasteiger partial charge in [0, 0.05) is 14.2 Å². The normalized spacial score (nSPS) is 13.1. The first kappa shape index (κ1) is 18.8. The Bertz CT molecular complexity index is 498. The fourth-order valence-corrected chi connectivity index (χ4v) is 3.00. The predicted molar refractivity (Wildman–Crippen MR) is 84.5 cm³/mol. The zero-order valence-electron chi connectivity index (χ0n) is 13.4. The van der Waals surface area contributed by atoms with Gasteiger partial charge in [0.15, 0.2) is 0 Å². The van der Waals surface area contributed by atoms with Crippen LogP contribution in [0.4, 0.5) is 0 Å². The van der Waals surface area contributed by atoms with Crippen molar-refractivity contribution in [3.63, 3.8) is 0 Å². The van der Waals surface area contributed by atoms with Gasteiger partial charge in [0.1, 0.15) is 6.61 Å². The Hall–Kier alpha value is -1.20. The zero-order valence-corrected chi connectivity index (χ0v) is 14.3. The molecule has 1 aromatic carbocycles. The van der Waals surface area contributed by atoms with Gasteiger partial charge in [-0.2, -0.15) is 0 Å². The summed E-state index contributed by atoms with van der Waals surface area (Å²) in [7, 11) is -1.11. The van der Waals surface area contributed by atoms with Crippen molar-refractivity contribution in [3.05, 3.63) is 35.9 Å². The second kappa shape index (κ2) is 9.06. The quantitative estimate of drug-likeness (QED) is 0.555. The van der Waals surface area contributed by atoms with E-state index in [9.17, 15) is 9.36 Å². The number of rotatable bonds is 9. The van der Waals surface area contributed by atoms with Gasteiger partial charge in [-0.15, -0.1) is 0 Å². The monoisotopic (exact) mass is 329 g/mol. The number of carbonyl (C=O) groups is 1. The molecule has 6 nitrogen and oxygen atoms in total. The lowest BCUT2D eigenvalue weighted by Crippen LogP contribution is -2.40. The van der Waals surface area contributed by atoms with Crippen molar-refractivity contribution in [3.8, 4) is 0 Å². The van der Waals surface area contributed by atoms with Gasteiger partial charge in [0.2, 0.25) is 5.78 Å². The highest BCUT2D eigenvalue weighted by Gasteiger charge is 2.41. The summed E-state index contributed by atoms with van der Waals surface area (Å²) in [6.45, 7) is 4.54. The predicted octanol–water partition coefficient (Wildman–Crippen LogP) is 2.79. The summed E-state index contributed by atoms with van der Waals surface area (Å²) in [6.07, 6.45) is 0. The third kappa shape index (κ3) is 5.54. The summed E-state index contributed by atoms with van der Waals surface area (Å²) >= 11 is 0. The van der Waals surface area contributed by atoms with Gasteiger partial charge >= 0.3 is 13.6 Å². The van der Waals surface area contributed by atoms with Crippen LogP contribution in [-0.2, 0) is 29.8 Å². The van der Waals surface area contributed by atoms with E-state index in [1.807, 2.05) is 44.2 Å². The fraction of sp³-hybridized carbons (Fsp3) is 0.533. The van der Waals surface area contributed by atoms with Gasteiger partial charge in [-0.1, -0.05) is 44.2 Å². The van der Waals surface area contributed by atoms with Crippen LogP contribution in [-0.4, -0.2) is 32.5 Å². The van der Waals surface area contributed by atoms with E-state index in [1.54, 1.807) is 0 Å². The van der Waals surface area contributed by atoms with Gasteiger partial charge in [0.05, 0.1) is 0 Å². The zero-order chi connectivity index (χ0) is 16.6. The van der Waals surface area contributed by atoms with Crippen LogP contribution in [0.25, 0.3) is 0 Å². The van der Waals surface area contributed by atoms with Crippen LogP contribution in [0.15, 0.2) is 30.3 Å². The maximum atomic E-state index is 12.5. The van der Waals surface area contributed by atoms with Gasteiger partial charge in [0.25, 0.3) is 0 Å². The molecule has 0 aliphatic rings. The topological polar surface area (TPSA) is 73.9 Å². The molecule has 0 aromatic heterocycles. The second-order valence-electron chi connectivity index (χ2n) is 5.20. The summed E-state index contributed by atoms with van der Waals surface area (Å²) in [5.74, 6) is -1.53. The third-order valence-corrected chi connectivity index (χ3v) is 5.04. The highest BCUT2D eigenvalue weighted by atomic mass is 31.2. The average molecular weight is 329 g/mol. The van der Waals surface area contributed by atoms with E-state index in [2.05, 4.69) is 5.32 Å². The van der Waals surface area contributed by atoms with Crippen molar-refractivity contribution in [1.29, 1.82) is 0 Å². The van der Waals surface area contributed by atoms with E-state index in [0.29, 0.717) is 6.54 Å². The molecular formula is C15H24NO5P. The molecule has 1 unspecified atom stereocenters. The lowest BCUT2D eigenvalue weighted by molar-refractivity contribution is -0.145. The van der Waals surface area contributed by atoms with E-state index < -0.39 is 19.3 Å². The summed E-state index contributed by atoms with van der Waals surface area (Å²) in [4.78, 5) is 12.3. The van der Waals surface area contributed by atoms with Crippen molar-refractivity contribution in [1.82, 2.24) is 5.32 Å². The lowest BCUT2D eigenvalue weighted by atomic mass is 10.2. The third-order valence-electron chi connectivity index (χ3n) is 2.99. The standard InChI is InChI=1S/C15H24NO5P/c1-12(2)10-16-14(22(18,19-3)20-4)15(17)21-11-13-8-6-5-7-9-13/h5-9,12,14,16H,10-11H2,1-4H3. The van der Waals surface area contributed by atoms with Crippen molar-refractivity contribution in [2.45, 2.75) is 26.2 Å².